The summed E-state index contributed by atoms with van der Waals surface area (Å²) in [6.45, 7) is 0.317. The van der Waals surface area contributed by atoms with Gasteiger partial charge in [0.25, 0.3) is 0 Å². The highest BCUT2D eigenvalue weighted by atomic mass is 35.5. The molecule has 1 rings (SSSR count). The molecule has 0 unspecified atom stereocenters. The average molecular weight is 240 g/mol. The van der Waals surface area contributed by atoms with Crippen LogP contribution in [0.4, 0.5) is 5.69 Å². The number of nitrogens with zero attached hydrogens (tertiary/aromatic N) is 2. The van der Waals surface area contributed by atoms with Crippen LogP contribution in [-0.4, -0.2) is 19.5 Å². The summed E-state index contributed by atoms with van der Waals surface area (Å²) in [5.41, 5.74) is 6.42. The first kappa shape index (κ1) is 14.4. The molecule has 0 atom stereocenters. The first-order chi connectivity index (χ1) is 7.20. The second-order valence-electron chi connectivity index (χ2n) is 3.12. The second kappa shape index (κ2) is 6.83. The summed E-state index contributed by atoms with van der Waals surface area (Å²) in [6, 6.07) is 9.03. The Morgan fingerprint density at radius 3 is 2.69 bits per heavy atom. The number of nitrogens with two attached hydrogens (primary N) is 1. The van der Waals surface area contributed by atoms with E-state index in [4.69, 9.17) is 11.0 Å². The summed E-state index contributed by atoms with van der Waals surface area (Å²) in [6.07, 6.45) is 0.288. The lowest BCUT2D eigenvalue weighted by Gasteiger charge is -2.17. The minimum atomic E-state index is -0.0831. The Morgan fingerprint density at radius 1 is 1.50 bits per heavy atom. The summed E-state index contributed by atoms with van der Waals surface area (Å²) in [5, 5.41) is 8.87. The van der Waals surface area contributed by atoms with Gasteiger partial charge in [0, 0.05) is 20.0 Å². The molecule has 1 amide bonds. The lowest BCUT2D eigenvalue weighted by Crippen LogP contribution is -2.28. The Kier molecular flexibility index (Phi) is 6.16. The van der Waals surface area contributed by atoms with Crippen LogP contribution < -0.4 is 10.6 Å². The fourth-order valence-electron chi connectivity index (χ4n) is 1.29. The minimum absolute atomic E-state index is 0. The molecule has 0 aliphatic rings. The van der Waals surface area contributed by atoms with Gasteiger partial charge >= 0.3 is 0 Å². The van der Waals surface area contributed by atoms with Gasteiger partial charge < -0.3 is 10.6 Å². The summed E-state index contributed by atoms with van der Waals surface area (Å²) in [5.74, 6) is -0.0831. The number of hydrogen-bond donors (Lipinski definition) is 1. The number of nitriles is 1. The normalized spacial score (nSPS) is 8.81. The standard InChI is InChI=1S/C11H13N3O.ClH/c1-14(11(15)6-7-12)10-5-3-2-4-9(10)8-13;/h2-5H,6-7,12H2,1H3;1H. The number of benzene rings is 1. The third-order valence-corrected chi connectivity index (χ3v) is 2.12. The molecule has 0 heterocycles. The van der Waals surface area contributed by atoms with Crippen LogP contribution in [0.1, 0.15) is 12.0 Å². The predicted molar refractivity (Wildman–Crippen MR) is 65.5 cm³/mol. The summed E-state index contributed by atoms with van der Waals surface area (Å²) < 4.78 is 0. The van der Waals surface area contributed by atoms with E-state index in [1.54, 1.807) is 31.3 Å². The maximum absolute atomic E-state index is 11.5. The van der Waals surface area contributed by atoms with Crippen molar-refractivity contribution in [3.05, 3.63) is 29.8 Å². The Labute approximate surface area is 101 Å². The molecule has 0 saturated carbocycles. The van der Waals surface area contributed by atoms with Crippen molar-refractivity contribution in [2.24, 2.45) is 5.73 Å². The maximum Gasteiger partial charge on any atom is 0.228 e. The maximum atomic E-state index is 11.5. The lowest BCUT2D eigenvalue weighted by atomic mass is 10.1. The van der Waals surface area contributed by atoms with E-state index >= 15 is 0 Å². The van der Waals surface area contributed by atoms with Crippen LogP contribution in [0.15, 0.2) is 24.3 Å². The van der Waals surface area contributed by atoms with E-state index in [9.17, 15) is 4.79 Å². The van der Waals surface area contributed by atoms with Crippen molar-refractivity contribution in [3.63, 3.8) is 0 Å². The summed E-state index contributed by atoms with van der Waals surface area (Å²) >= 11 is 0. The van der Waals surface area contributed by atoms with Crippen LogP contribution >= 0.6 is 12.4 Å². The zero-order valence-corrected chi connectivity index (χ0v) is 9.83. The van der Waals surface area contributed by atoms with Crippen molar-refractivity contribution in [3.8, 4) is 6.07 Å². The zero-order valence-electron chi connectivity index (χ0n) is 9.01. The van der Waals surface area contributed by atoms with Crippen molar-refractivity contribution < 1.29 is 4.79 Å². The van der Waals surface area contributed by atoms with Crippen molar-refractivity contribution in [2.75, 3.05) is 18.5 Å². The van der Waals surface area contributed by atoms with Crippen LogP contribution in [0.25, 0.3) is 0 Å². The number of hydrogen-bond acceptors (Lipinski definition) is 3. The van der Waals surface area contributed by atoms with E-state index in [2.05, 4.69) is 0 Å². The van der Waals surface area contributed by atoms with Gasteiger partial charge in [-0.1, -0.05) is 12.1 Å². The van der Waals surface area contributed by atoms with Crippen LogP contribution in [-0.2, 0) is 4.79 Å². The Bertz CT molecular complexity index is 400. The van der Waals surface area contributed by atoms with Gasteiger partial charge in [-0.3, -0.25) is 4.79 Å². The molecule has 0 spiro atoms. The third-order valence-electron chi connectivity index (χ3n) is 2.12. The second-order valence-corrected chi connectivity index (χ2v) is 3.12. The van der Waals surface area contributed by atoms with Crippen molar-refractivity contribution in [1.29, 1.82) is 5.26 Å². The molecule has 0 saturated heterocycles. The van der Waals surface area contributed by atoms with Crippen LogP contribution in [0.5, 0.6) is 0 Å². The number of carbonyl (C=O) groups excluding carboxylic acids is 1. The number of anilines is 1. The first-order valence-corrected chi connectivity index (χ1v) is 4.66. The highest BCUT2D eigenvalue weighted by molar-refractivity contribution is 5.94. The van der Waals surface area contributed by atoms with Gasteiger partial charge in [-0.2, -0.15) is 5.26 Å². The monoisotopic (exact) mass is 239 g/mol. The summed E-state index contributed by atoms with van der Waals surface area (Å²) in [7, 11) is 1.65. The molecular weight excluding hydrogens is 226 g/mol. The Balaban J connectivity index is 0.00000225. The minimum Gasteiger partial charge on any atom is -0.330 e. The van der Waals surface area contributed by atoms with Crippen molar-refractivity contribution in [2.45, 2.75) is 6.42 Å². The Morgan fingerprint density at radius 2 is 2.12 bits per heavy atom. The smallest absolute Gasteiger partial charge is 0.228 e. The third kappa shape index (κ3) is 3.23. The van der Waals surface area contributed by atoms with Crippen LogP contribution in [0.3, 0.4) is 0 Å². The molecule has 0 aromatic heterocycles. The Hall–Kier alpha value is -1.57. The SMILES string of the molecule is CN(C(=O)CCN)c1ccccc1C#N.Cl. The first-order valence-electron chi connectivity index (χ1n) is 4.66. The van der Waals surface area contributed by atoms with E-state index in [0.29, 0.717) is 17.8 Å². The van der Waals surface area contributed by atoms with E-state index in [0.717, 1.165) is 0 Å². The van der Waals surface area contributed by atoms with Crippen molar-refractivity contribution in [1.82, 2.24) is 0 Å². The average Bonchev–Trinajstić information content (AvgIpc) is 2.28. The molecular formula is C11H14ClN3O. The number of amides is 1. The van der Waals surface area contributed by atoms with Gasteiger partial charge in [0.05, 0.1) is 11.3 Å². The van der Waals surface area contributed by atoms with Gasteiger partial charge in [0.1, 0.15) is 6.07 Å². The fourth-order valence-corrected chi connectivity index (χ4v) is 1.29. The molecule has 5 heteroatoms. The van der Waals surface area contributed by atoms with Crippen LogP contribution in [0.2, 0.25) is 0 Å². The molecule has 4 nitrogen and oxygen atoms in total. The zero-order chi connectivity index (χ0) is 11.3. The van der Waals surface area contributed by atoms with Gasteiger partial charge in [-0.05, 0) is 12.1 Å². The molecule has 0 bridgehead atoms. The number of rotatable bonds is 3. The molecule has 0 aliphatic heterocycles. The van der Waals surface area contributed by atoms with E-state index < -0.39 is 0 Å². The summed E-state index contributed by atoms with van der Waals surface area (Å²) in [4.78, 5) is 13.0. The molecule has 86 valence electrons. The largest absolute Gasteiger partial charge is 0.330 e. The molecule has 1 aromatic rings. The van der Waals surface area contributed by atoms with E-state index in [1.165, 1.54) is 4.90 Å². The molecule has 2 N–H and O–H groups in total. The van der Waals surface area contributed by atoms with Crippen LogP contribution in [0, 0.1) is 11.3 Å². The van der Waals surface area contributed by atoms with Gasteiger partial charge in [-0.15, -0.1) is 12.4 Å². The number of para-hydroxylation sites is 1. The molecule has 1 aromatic carbocycles. The van der Waals surface area contributed by atoms with E-state index in [1.807, 2.05) is 6.07 Å². The molecule has 0 aliphatic carbocycles. The lowest BCUT2D eigenvalue weighted by molar-refractivity contribution is -0.118. The van der Waals surface area contributed by atoms with Crippen molar-refractivity contribution >= 4 is 24.0 Å². The van der Waals surface area contributed by atoms with Gasteiger partial charge in [0.2, 0.25) is 5.91 Å². The molecule has 0 radical (unpaired) electrons. The molecule has 16 heavy (non-hydrogen) atoms. The highest BCUT2D eigenvalue weighted by Crippen LogP contribution is 2.18. The topological polar surface area (TPSA) is 70.1 Å². The van der Waals surface area contributed by atoms with Gasteiger partial charge in [0.15, 0.2) is 0 Å². The molecule has 0 fully saturated rings. The number of halogens is 1. The predicted octanol–water partition coefficient (Wildman–Crippen LogP) is 1.29. The van der Waals surface area contributed by atoms with E-state index in [-0.39, 0.29) is 24.7 Å². The van der Waals surface area contributed by atoms with Gasteiger partial charge in [-0.25, -0.2) is 0 Å². The fraction of sp³-hybridized carbons (Fsp3) is 0.273. The quantitative estimate of drug-likeness (QED) is 0.864. The highest BCUT2D eigenvalue weighted by Gasteiger charge is 2.12. The number of carbonyl (C=O) groups is 1.